The van der Waals surface area contributed by atoms with Gasteiger partial charge in [0.15, 0.2) is 0 Å². The maximum atomic E-state index is 12.2. The van der Waals surface area contributed by atoms with Gasteiger partial charge in [-0.05, 0) is 93.4 Å². The lowest BCUT2D eigenvalue weighted by molar-refractivity contribution is -0.168. The van der Waals surface area contributed by atoms with Crippen LogP contribution in [0.2, 0.25) is 0 Å². The number of pyridine rings is 1. The van der Waals surface area contributed by atoms with Gasteiger partial charge in [-0.1, -0.05) is 6.07 Å². The molecule has 2 aliphatic rings. The molecule has 1 atom stereocenters. The van der Waals surface area contributed by atoms with Crippen LogP contribution in [0.4, 0.5) is 0 Å². The van der Waals surface area contributed by atoms with Crippen LogP contribution in [-0.2, 0) is 19.9 Å². The topological polar surface area (TPSA) is 60.5 Å². The average Bonchev–Trinajstić information content (AvgIpc) is 2.92. The molecule has 144 valence electrons. The molecule has 2 heterocycles. The smallest absolute Gasteiger partial charge is 0.332 e. The zero-order valence-electron chi connectivity index (χ0n) is 15.9. The van der Waals surface area contributed by atoms with E-state index in [1.807, 2.05) is 33.0 Å². The van der Waals surface area contributed by atoms with Gasteiger partial charge in [0.1, 0.15) is 16.8 Å². The van der Waals surface area contributed by atoms with Crippen molar-refractivity contribution in [3.8, 4) is 0 Å². The highest BCUT2D eigenvalue weighted by molar-refractivity contribution is 9.10. The van der Waals surface area contributed by atoms with Crippen LogP contribution in [-0.4, -0.2) is 36.3 Å². The molecule has 0 radical (unpaired) electrons. The van der Waals surface area contributed by atoms with E-state index in [2.05, 4.69) is 32.3 Å². The van der Waals surface area contributed by atoms with Gasteiger partial charge < -0.3 is 14.8 Å². The van der Waals surface area contributed by atoms with Gasteiger partial charge in [0, 0.05) is 11.8 Å². The van der Waals surface area contributed by atoms with E-state index >= 15 is 0 Å². The third kappa shape index (κ3) is 4.65. The number of hydrogen-bond acceptors (Lipinski definition) is 5. The third-order valence-electron chi connectivity index (χ3n) is 5.52. The summed E-state index contributed by atoms with van der Waals surface area (Å²) in [4.78, 5) is 16.6. The van der Waals surface area contributed by atoms with Crippen molar-refractivity contribution in [2.45, 2.75) is 64.1 Å². The van der Waals surface area contributed by atoms with Gasteiger partial charge >= 0.3 is 5.97 Å². The predicted molar refractivity (Wildman–Crippen MR) is 104 cm³/mol. The molecule has 1 aliphatic heterocycles. The van der Waals surface area contributed by atoms with Gasteiger partial charge in [0.05, 0.1) is 5.60 Å². The summed E-state index contributed by atoms with van der Waals surface area (Å²) >= 11 is 3.40. The first-order chi connectivity index (χ1) is 12.2. The Hall–Kier alpha value is -0.980. The molecule has 0 amide bonds. The van der Waals surface area contributed by atoms with Gasteiger partial charge in [0.2, 0.25) is 0 Å². The SMILES string of the molecule is CC(C)(C)OC(=O)COC1(c2ccc(Br)nc2)CCC2(CCNCC2)C1. The summed E-state index contributed by atoms with van der Waals surface area (Å²) in [5.74, 6) is -0.312. The fraction of sp³-hybridized carbons (Fsp3) is 0.700. The maximum absolute atomic E-state index is 12.2. The number of carbonyl (C=O) groups is 1. The van der Waals surface area contributed by atoms with Crippen molar-refractivity contribution in [3.05, 3.63) is 28.5 Å². The first-order valence-corrected chi connectivity index (χ1v) is 10.2. The Labute approximate surface area is 164 Å². The molecule has 6 heteroatoms. The van der Waals surface area contributed by atoms with E-state index in [9.17, 15) is 4.79 Å². The molecule has 1 spiro atoms. The van der Waals surface area contributed by atoms with Gasteiger partial charge in [-0.15, -0.1) is 0 Å². The summed E-state index contributed by atoms with van der Waals surface area (Å²) in [5, 5.41) is 3.45. The van der Waals surface area contributed by atoms with Crippen LogP contribution < -0.4 is 5.32 Å². The lowest BCUT2D eigenvalue weighted by Gasteiger charge is -2.37. The highest BCUT2D eigenvalue weighted by atomic mass is 79.9. The van der Waals surface area contributed by atoms with Crippen LogP contribution in [0.15, 0.2) is 22.9 Å². The van der Waals surface area contributed by atoms with E-state index in [1.165, 1.54) is 0 Å². The molecule has 1 aromatic heterocycles. The Kier molecular flexibility index (Phi) is 5.75. The molecular formula is C20H29BrN2O3. The van der Waals surface area contributed by atoms with Crippen molar-refractivity contribution in [3.63, 3.8) is 0 Å². The third-order valence-corrected chi connectivity index (χ3v) is 5.99. The minimum Gasteiger partial charge on any atom is -0.458 e. The molecule has 26 heavy (non-hydrogen) atoms. The Morgan fingerprint density at radius 1 is 1.23 bits per heavy atom. The summed E-state index contributed by atoms with van der Waals surface area (Å²) in [6, 6.07) is 4.01. The number of carbonyl (C=O) groups excluding carboxylic acids is 1. The Morgan fingerprint density at radius 3 is 2.58 bits per heavy atom. The average molecular weight is 425 g/mol. The zero-order chi connectivity index (χ0) is 18.8. The van der Waals surface area contributed by atoms with Gasteiger partial charge in [-0.2, -0.15) is 0 Å². The van der Waals surface area contributed by atoms with E-state index in [4.69, 9.17) is 9.47 Å². The molecule has 0 aromatic carbocycles. The minimum atomic E-state index is -0.501. The van der Waals surface area contributed by atoms with Crippen molar-refractivity contribution < 1.29 is 14.3 Å². The molecule has 1 unspecified atom stereocenters. The quantitative estimate of drug-likeness (QED) is 0.585. The van der Waals surface area contributed by atoms with E-state index in [0.717, 1.165) is 55.4 Å². The number of ether oxygens (including phenoxy) is 2. The predicted octanol–water partition coefficient (Wildman–Crippen LogP) is 3.95. The minimum absolute atomic E-state index is 0.0261. The molecule has 1 aromatic rings. The number of nitrogens with one attached hydrogen (secondary N) is 1. The summed E-state index contributed by atoms with van der Waals surface area (Å²) in [6.07, 6.45) is 7.17. The molecule has 2 fully saturated rings. The van der Waals surface area contributed by atoms with Crippen LogP contribution >= 0.6 is 15.9 Å². The summed E-state index contributed by atoms with van der Waals surface area (Å²) in [5.41, 5.74) is 0.395. The number of nitrogens with zero attached hydrogens (tertiary/aromatic N) is 1. The standard InChI is InChI=1S/C20H29BrN2O3/c1-18(2,3)26-17(24)13-25-20(15-4-5-16(21)23-12-15)7-6-19(14-20)8-10-22-11-9-19/h4-5,12,22H,6-11,13-14H2,1-3H3. The fourth-order valence-corrected chi connectivity index (χ4v) is 4.53. The number of halogens is 1. The van der Waals surface area contributed by atoms with Gasteiger partial charge in [-0.25, -0.2) is 9.78 Å². The van der Waals surface area contributed by atoms with E-state index in [-0.39, 0.29) is 12.6 Å². The van der Waals surface area contributed by atoms with Crippen LogP contribution in [0.3, 0.4) is 0 Å². The largest absolute Gasteiger partial charge is 0.458 e. The lowest BCUT2D eigenvalue weighted by Crippen LogP contribution is -2.38. The lowest BCUT2D eigenvalue weighted by atomic mass is 9.75. The number of aromatic nitrogens is 1. The second kappa shape index (κ2) is 7.56. The van der Waals surface area contributed by atoms with Crippen molar-refractivity contribution in [1.82, 2.24) is 10.3 Å². The summed E-state index contributed by atoms with van der Waals surface area (Å²) in [6.45, 7) is 7.71. The highest BCUT2D eigenvalue weighted by Crippen LogP contribution is 2.55. The number of esters is 1. The number of rotatable bonds is 4. The Balaban J connectivity index is 1.79. The zero-order valence-corrected chi connectivity index (χ0v) is 17.5. The maximum Gasteiger partial charge on any atom is 0.332 e. The van der Waals surface area contributed by atoms with Crippen LogP contribution in [0.5, 0.6) is 0 Å². The molecular weight excluding hydrogens is 396 g/mol. The van der Waals surface area contributed by atoms with E-state index in [0.29, 0.717) is 5.41 Å². The van der Waals surface area contributed by atoms with E-state index < -0.39 is 11.2 Å². The second-order valence-corrected chi connectivity index (χ2v) is 9.48. The molecule has 1 N–H and O–H groups in total. The van der Waals surface area contributed by atoms with Crippen molar-refractivity contribution in [1.29, 1.82) is 0 Å². The monoisotopic (exact) mass is 424 g/mol. The van der Waals surface area contributed by atoms with E-state index in [1.54, 1.807) is 0 Å². The Bertz CT molecular complexity index is 635. The number of piperidine rings is 1. The van der Waals surface area contributed by atoms with Gasteiger partial charge in [0.25, 0.3) is 0 Å². The van der Waals surface area contributed by atoms with Crippen LogP contribution in [0.25, 0.3) is 0 Å². The first kappa shape index (κ1) is 19.8. The molecule has 3 rings (SSSR count). The Morgan fingerprint density at radius 2 is 1.96 bits per heavy atom. The van der Waals surface area contributed by atoms with Crippen LogP contribution in [0.1, 0.15) is 58.4 Å². The van der Waals surface area contributed by atoms with Crippen molar-refractivity contribution in [2.75, 3.05) is 19.7 Å². The molecule has 1 aliphatic carbocycles. The summed E-state index contributed by atoms with van der Waals surface area (Å²) in [7, 11) is 0. The van der Waals surface area contributed by atoms with Crippen molar-refractivity contribution >= 4 is 21.9 Å². The molecule has 1 saturated heterocycles. The molecule has 0 bridgehead atoms. The van der Waals surface area contributed by atoms with Gasteiger partial charge in [-0.3, -0.25) is 0 Å². The summed E-state index contributed by atoms with van der Waals surface area (Å²) < 4.78 is 12.5. The van der Waals surface area contributed by atoms with Crippen LogP contribution in [0, 0.1) is 5.41 Å². The number of hydrogen-bond donors (Lipinski definition) is 1. The second-order valence-electron chi connectivity index (χ2n) is 8.67. The highest BCUT2D eigenvalue weighted by Gasteiger charge is 2.50. The first-order valence-electron chi connectivity index (χ1n) is 9.41. The molecule has 5 nitrogen and oxygen atoms in total. The molecule has 1 saturated carbocycles. The van der Waals surface area contributed by atoms with Crippen molar-refractivity contribution in [2.24, 2.45) is 5.41 Å². The normalized spacial score (nSPS) is 25.4. The fourth-order valence-electron chi connectivity index (χ4n) is 4.30.